The minimum Gasteiger partial charge on any atom is -0.469 e. The van der Waals surface area contributed by atoms with Gasteiger partial charge in [-0.1, -0.05) is 13.0 Å². The summed E-state index contributed by atoms with van der Waals surface area (Å²) in [5.74, 6) is -0.290. The second kappa shape index (κ2) is 6.40. The highest BCUT2D eigenvalue weighted by Gasteiger charge is 2.30. The number of esters is 1. The third-order valence-corrected chi connectivity index (χ3v) is 4.46. The van der Waals surface area contributed by atoms with E-state index in [9.17, 15) is 9.59 Å². The highest BCUT2D eigenvalue weighted by atomic mass is 16.5. The topological polar surface area (TPSA) is 63.9 Å². The van der Waals surface area contributed by atoms with Gasteiger partial charge < -0.3 is 9.64 Å². The van der Waals surface area contributed by atoms with Gasteiger partial charge in [-0.2, -0.15) is 0 Å². The Morgan fingerprint density at radius 2 is 2.04 bits per heavy atom. The number of ether oxygens (including phenoxy) is 1. The number of rotatable bonds is 3. The van der Waals surface area contributed by atoms with Gasteiger partial charge in [0.15, 0.2) is 0 Å². The molecule has 1 saturated heterocycles. The number of carbonyl (C=O) groups is 2. The molecule has 0 bridgehead atoms. The average Bonchev–Trinajstić information content (AvgIpc) is 2.99. The van der Waals surface area contributed by atoms with E-state index in [4.69, 9.17) is 4.74 Å². The van der Waals surface area contributed by atoms with Gasteiger partial charge in [-0.15, -0.1) is 0 Å². The predicted octanol–water partition coefficient (Wildman–Crippen LogP) is 1.92. The van der Waals surface area contributed by atoms with Crippen LogP contribution in [0.2, 0.25) is 0 Å². The third kappa shape index (κ3) is 2.81. The lowest BCUT2D eigenvalue weighted by atomic mass is 9.97. The summed E-state index contributed by atoms with van der Waals surface area (Å²) in [5, 5.41) is 0. The quantitative estimate of drug-likeness (QED) is 0.812. The Hall–Kier alpha value is -2.37. The number of aryl methyl sites for hydroxylation is 1. The fraction of sp³-hybridized carbons (Fsp3) is 0.471. The van der Waals surface area contributed by atoms with Gasteiger partial charge >= 0.3 is 5.97 Å². The van der Waals surface area contributed by atoms with Gasteiger partial charge in [0.1, 0.15) is 11.3 Å². The number of aromatic nitrogens is 2. The Morgan fingerprint density at radius 1 is 1.30 bits per heavy atom. The summed E-state index contributed by atoms with van der Waals surface area (Å²) >= 11 is 0. The zero-order valence-corrected chi connectivity index (χ0v) is 13.5. The lowest BCUT2D eigenvalue weighted by Crippen LogP contribution is -2.41. The first-order valence-electron chi connectivity index (χ1n) is 7.98. The molecule has 3 heterocycles. The Labute approximate surface area is 135 Å². The Balaban J connectivity index is 1.83. The van der Waals surface area contributed by atoms with E-state index >= 15 is 0 Å². The van der Waals surface area contributed by atoms with Crippen LogP contribution >= 0.6 is 0 Å². The van der Waals surface area contributed by atoms with E-state index in [1.165, 1.54) is 7.11 Å². The SMILES string of the molecule is CCc1nc2ccccn2c1C(=O)N1CCC(C(=O)OC)CC1. The van der Waals surface area contributed by atoms with Crippen molar-refractivity contribution in [2.45, 2.75) is 26.2 Å². The number of hydrogen-bond acceptors (Lipinski definition) is 4. The molecule has 1 amide bonds. The molecule has 1 fully saturated rings. The lowest BCUT2D eigenvalue weighted by Gasteiger charge is -2.30. The van der Waals surface area contributed by atoms with Gasteiger partial charge in [0, 0.05) is 19.3 Å². The van der Waals surface area contributed by atoms with E-state index < -0.39 is 0 Å². The molecule has 0 saturated carbocycles. The minimum absolute atomic E-state index is 0.0103. The Bertz CT molecular complexity index is 730. The van der Waals surface area contributed by atoms with E-state index in [1.807, 2.05) is 40.6 Å². The Morgan fingerprint density at radius 3 is 2.70 bits per heavy atom. The maximum atomic E-state index is 12.9. The van der Waals surface area contributed by atoms with Crippen LogP contribution in [-0.4, -0.2) is 46.4 Å². The molecule has 0 unspecified atom stereocenters. The number of likely N-dealkylation sites (tertiary alicyclic amines) is 1. The molecule has 23 heavy (non-hydrogen) atoms. The van der Waals surface area contributed by atoms with E-state index in [1.54, 1.807) is 0 Å². The molecule has 1 aliphatic rings. The molecule has 0 N–H and O–H groups in total. The monoisotopic (exact) mass is 315 g/mol. The van der Waals surface area contributed by atoms with Crippen LogP contribution in [-0.2, 0) is 16.0 Å². The number of imidazole rings is 1. The van der Waals surface area contributed by atoms with Crippen LogP contribution in [0, 0.1) is 5.92 Å². The summed E-state index contributed by atoms with van der Waals surface area (Å²) in [4.78, 5) is 30.9. The molecule has 122 valence electrons. The van der Waals surface area contributed by atoms with Gasteiger partial charge in [-0.25, -0.2) is 4.98 Å². The van der Waals surface area contributed by atoms with Crippen molar-refractivity contribution in [3.63, 3.8) is 0 Å². The number of pyridine rings is 1. The van der Waals surface area contributed by atoms with Crippen molar-refractivity contribution in [2.75, 3.05) is 20.2 Å². The fourth-order valence-electron chi connectivity index (χ4n) is 3.15. The smallest absolute Gasteiger partial charge is 0.308 e. The van der Waals surface area contributed by atoms with Gasteiger partial charge in [0.2, 0.25) is 0 Å². The molecular weight excluding hydrogens is 294 g/mol. The number of methoxy groups -OCH3 is 1. The van der Waals surface area contributed by atoms with Crippen molar-refractivity contribution in [3.8, 4) is 0 Å². The number of carbonyl (C=O) groups excluding carboxylic acids is 2. The molecule has 0 aliphatic carbocycles. The summed E-state index contributed by atoms with van der Waals surface area (Å²) in [5.41, 5.74) is 2.24. The first kappa shape index (κ1) is 15.5. The van der Waals surface area contributed by atoms with Crippen LogP contribution in [0.25, 0.3) is 5.65 Å². The number of amides is 1. The summed E-state index contributed by atoms with van der Waals surface area (Å²) < 4.78 is 6.65. The number of nitrogens with zero attached hydrogens (tertiary/aromatic N) is 3. The van der Waals surface area contributed by atoms with Crippen LogP contribution < -0.4 is 0 Å². The second-order valence-corrected chi connectivity index (χ2v) is 5.78. The first-order chi connectivity index (χ1) is 11.2. The predicted molar refractivity (Wildman–Crippen MR) is 85.2 cm³/mol. The molecule has 6 heteroatoms. The maximum Gasteiger partial charge on any atom is 0.308 e. The van der Waals surface area contributed by atoms with Crippen LogP contribution in [0.15, 0.2) is 24.4 Å². The van der Waals surface area contributed by atoms with Crippen molar-refractivity contribution in [1.82, 2.24) is 14.3 Å². The van der Waals surface area contributed by atoms with Gasteiger partial charge in [0.25, 0.3) is 5.91 Å². The van der Waals surface area contributed by atoms with Gasteiger partial charge in [-0.05, 0) is 31.4 Å². The number of piperidine rings is 1. The zero-order chi connectivity index (χ0) is 16.4. The summed E-state index contributed by atoms with van der Waals surface area (Å²) in [6.45, 7) is 3.14. The molecule has 6 nitrogen and oxygen atoms in total. The van der Waals surface area contributed by atoms with Crippen LogP contribution in [0.3, 0.4) is 0 Å². The molecule has 2 aromatic heterocycles. The van der Waals surface area contributed by atoms with Crippen molar-refractivity contribution in [2.24, 2.45) is 5.92 Å². The largest absolute Gasteiger partial charge is 0.469 e. The standard InChI is InChI=1S/C17H21N3O3/c1-3-13-15(20-9-5-4-6-14(20)18-13)16(21)19-10-7-12(8-11-19)17(22)23-2/h4-6,9,12H,3,7-8,10-11H2,1-2H3. The zero-order valence-electron chi connectivity index (χ0n) is 13.5. The fourth-order valence-corrected chi connectivity index (χ4v) is 3.15. The number of fused-ring (bicyclic) bond motifs is 1. The molecule has 0 atom stereocenters. The lowest BCUT2D eigenvalue weighted by molar-refractivity contribution is -0.146. The molecule has 0 aromatic carbocycles. The van der Waals surface area contributed by atoms with E-state index in [0.717, 1.165) is 11.3 Å². The minimum atomic E-state index is -0.179. The Kier molecular flexibility index (Phi) is 4.32. The van der Waals surface area contributed by atoms with Gasteiger partial charge in [0.05, 0.1) is 18.7 Å². The van der Waals surface area contributed by atoms with Crippen molar-refractivity contribution >= 4 is 17.5 Å². The van der Waals surface area contributed by atoms with Crippen molar-refractivity contribution in [3.05, 3.63) is 35.8 Å². The van der Waals surface area contributed by atoms with Crippen LogP contribution in [0.5, 0.6) is 0 Å². The molecule has 0 spiro atoms. The first-order valence-corrected chi connectivity index (χ1v) is 7.98. The molecule has 2 aromatic rings. The molecule has 3 rings (SSSR count). The highest BCUT2D eigenvalue weighted by Crippen LogP contribution is 2.22. The van der Waals surface area contributed by atoms with Gasteiger partial charge in [-0.3, -0.25) is 14.0 Å². The summed E-state index contributed by atoms with van der Waals surface area (Å²) in [6.07, 6.45) is 3.88. The summed E-state index contributed by atoms with van der Waals surface area (Å²) in [6, 6.07) is 5.71. The van der Waals surface area contributed by atoms with Crippen LogP contribution in [0.4, 0.5) is 0 Å². The molecule has 0 radical (unpaired) electrons. The van der Waals surface area contributed by atoms with E-state index in [-0.39, 0.29) is 17.8 Å². The second-order valence-electron chi connectivity index (χ2n) is 5.78. The van der Waals surface area contributed by atoms with Crippen molar-refractivity contribution < 1.29 is 14.3 Å². The maximum absolute atomic E-state index is 12.9. The highest BCUT2D eigenvalue weighted by molar-refractivity contribution is 5.95. The average molecular weight is 315 g/mol. The third-order valence-electron chi connectivity index (χ3n) is 4.46. The molecular formula is C17H21N3O3. The normalized spacial score (nSPS) is 15.8. The molecule has 1 aliphatic heterocycles. The van der Waals surface area contributed by atoms with E-state index in [0.29, 0.717) is 38.0 Å². The number of hydrogen-bond donors (Lipinski definition) is 0. The summed E-state index contributed by atoms with van der Waals surface area (Å²) in [7, 11) is 1.41. The van der Waals surface area contributed by atoms with Crippen molar-refractivity contribution in [1.29, 1.82) is 0 Å². The van der Waals surface area contributed by atoms with Crippen LogP contribution in [0.1, 0.15) is 35.9 Å². The van der Waals surface area contributed by atoms with E-state index in [2.05, 4.69) is 4.98 Å².